The first kappa shape index (κ1) is 29.0. The predicted octanol–water partition coefficient (Wildman–Crippen LogP) is 12.2. The molecular formula is C45H29N3S. The van der Waals surface area contributed by atoms with E-state index in [9.17, 15) is 0 Å². The molecule has 0 amide bonds. The fourth-order valence-corrected chi connectivity index (χ4v) is 7.56. The van der Waals surface area contributed by atoms with Gasteiger partial charge in [0.1, 0.15) is 0 Å². The number of benzene rings is 6. The molecule has 3 aromatic heterocycles. The standard InChI is InChI=1S/C45H29N3S/c1-3-10-30(11-4-1)36-24-37(34-21-22-44-40(27-34)39-15-7-8-16-43(39)49-44)26-38(25-36)42-28-41(47-45(48-42)33-12-5-2-6-13-33)32-19-17-31(18-20-32)35-14-9-23-46-29-35/h1-29H. The minimum atomic E-state index is 0.697. The van der Waals surface area contributed by atoms with Crippen molar-refractivity contribution in [2.24, 2.45) is 0 Å². The molecule has 0 radical (unpaired) electrons. The van der Waals surface area contributed by atoms with Gasteiger partial charge in [0.25, 0.3) is 0 Å². The van der Waals surface area contributed by atoms with Crippen LogP contribution in [0, 0.1) is 0 Å². The van der Waals surface area contributed by atoms with Gasteiger partial charge in [-0.1, -0.05) is 115 Å². The first-order valence-corrected chi connectivity index (χ1v) is 17.1. The van der Waals surface area contributed by atoms with Crippen LogP contribution >= 0.6 is 11.3 Å². The second kappa shape index (κ2) is 12.4. The molecule has 230 valence electrons. The van der Waals surface area contributed by atoms with Crippen molar-refractivity contribution < 1.29 is 0 Å². The van der Waals surface area contributed by atoms with Crippen LogP contribution in [0.15, 0.2) is 176 Å². The van der Waals surface area contributed by atoms with Gasteiger partial charge in [0.15, 0.2) is 5.82 Å². The molecule has 9 rings (SSSR count). The lowest BCUT2D eigenvalue weighted by Gasteiger charge is -2.13. The van der Waals surface area contributed by atoms with Crippen LogP contribution < -0.4 is 0 Å². The second-order valence-electron chi connectivity index (χ2n) is 12.1. The number of hydrogen-bond donors (Lipinski definition) is 0. The van der Waals surface area contributed by atoms with Crippen molar-refractivity contribution in [3.8, 4) is 67.3 Å². The Bertz CT molecular complexity index is 2580. The van der Waals surface area contributed by atoms with E-state index in [-0.39, 0.29) is 0 Å². The maximum absolute atomic E-state index is 5.20. The Morgan fingerprint density at radius 3 is 1.67 bits per heavy atom. The van der Waals surface area contributed by atoms with Crippen LogP contribution in [-0.2, 0) is 0 Å². The summed E-state index contributed by atoms with van der Waals surface area (Å²) in [4.78, 5) is 14.6. The Morgan fingerprint density at radius 1 is 0.347 bits per heavy atom. The third kappa shape index (κ3) is 5.69. The number of aromatic nitrogens is 3. The maximum Gasteiger partial charge on any atom is 0.160 e. The average Bonchev–Trinajstić information content (AvgIpc) is 3.57. The van der Waals surface area contributed by atoms with Crippen molar-refractivity contribution in [2.45, 2.75) is 0 Å². The van der Waals surface area contributed by atoms with E-state index in [1.807, 2.05) is 41.8 Å². The van der Waals surface area contributed by atoms with Crippen LogP contribution in [0.3, 0.4) is 0 Å². The highest BCUT2D eigenvalue weighted by molar-refractivity contribution is 7.25. The quantitative estimate of drug-likeness (QED) is 0.181. The minimum absolute atomic E-state index is 0.697. The lowest BCUT2D eigenvalue weighted by atomic mass is 9.94. The van der Waals surface area contributed by atoms with Gasteiger partial charge in [-0.25, -0.2) is 9.97 Å². The number of fused-ring (bicyclic) bond motifs is 3. The Kier molecular flexibility index (Phi) is 7.34. The summed E-state index contributed by atoms with van der Waals surface area (Å²) in [6, 6.07) is 57.9. The summed E-state index contributed by atoms with van der Waals surface area (Å²) in [5.41, 5.74) is 11.6. The third-order valence-corrected chi connectivity index (χ3v) is 10.1. The summed E-state index contributed by atoms with van der Waals surface area (Å²) in [7, 11) is 0. The zero-order valence-electron chi connectivity index (χ0n) is 26.5. The average molecular weight is 644 g/mol. The molecule has 0 saturated heterocycles. The summed E-state index contributed by atoms with van der Waals surface area (Å²) in [5.74, 6) is 0.697. The van der Waals surface area contributed by atoms with Gasteiger partial charge in [-0.2, -0.15) is 0 Å². The molecular weight excluding hydrogens is 615 g/mol. The zero-order chi connectivity index (χ0) is 32.6. The van der Waals surface area contributed by atoms with Crippen LogP contribution in [0.1, 0.15) is 0 Å². The number of thiophene rings is 1. The van der Waals surface area contributed by atoms with Crippen LogP contribution in [-0.4, -0.2) is 15.0 Å². The molecule has 3 heterocycles. The van der Waals surface area contributed by atoms with Gasteiger partial charge in [-0.3, -0.25) is 4.98 Å². The molecule has 6 aromatic carbocycles. The fourth-order valence-electron chi connectivity index (χ4n) is 6.47. The van der Waals surface area contributed by atoms with E-state index in [4.69, 9.17) is 9.97 Å². The molecule has 9 aromatic rings. The molecule has 0 spiro atoms. The van der Waals surface area contributed by atoms with Crippen LogP contribution in [0.25, 0.3) is 87.5 Å². The second-order valence-corrected chi connectivity index (χ2v) is 13.2. The van der Waals surface area contributed by atoms with E-state index in [0.29, 0.717) is 5.82 Å². The molecule has 4 heteroatoms. The topological polar surface area (TPSA) is 38.7 Å². The maximum atomic E-state index is 5.20. The Hall–Kier alpha value is -6.23. The Balaban J connectivity index is 1.22. The lowest BCUT2D eigenvalue weighted by molar-refractivity contribution is 1.18. The van der Waals surface area contributed by atoms with Gasteiger partial charge < -0.3 is 0 Å². The smallest absolute Gasteiger partial charge is 0.160 e. The first-order chi connectivity index (χ1) is 24.2. The molecule has 0 N–H and O–H groups in total. The van der Waals surface area contributed by atoms with Gasteiger partial charge in [-0.05, 0) is 81.9 Å². The van der Waals surface area contributed by atoms with Crippen molar-refractivity contribution in [1.82, 2.24) is 15.0 Å². The highest BCUT2D eigenvalue weighted by atomic mass is 32.1. The van der Waals surface area contributed by atoms with Crippen molar-refractivity contribution in [3.05, 3.63) is 176 Å². The largest absolute Gasteiger partial charge is 0.264 e. The molecule has 0 aliphatic carbocycles. The first-order valence-electron chi connectivity index (χ1n) is 16.3. The predicted molar refractivity (Wildman–Crippen MR) is 205 cm³/mol. The monoisotopic (exact) mass is 643 g/mol. The number of hydrogen-bond acceptors (Lipinski definition) is 4. The van der Waals surface area contributed by atoms with Crippen molar-refractivity contribution in [1.29, 1.82) is 0 Å². The summed E-state index contributed by atoms with van der Waals surface area (Å²) in [5, 5.41) is 2.58. The highest BCUT2D eigenvalue weighted by Crippen LogP contribution is 2.39. The molecule has 0 aliphatic rings. The van der Waals surface area contributed by atoms with Gasteiger partial charge >= 0.3 is 0 Å². The van der Waals surface area contributed by atoms with E-state index < -0.39 is 0 Å². The minimum Gasteiger partial charge on any atom is -0.264 e. The Labute approximate surface area is 288 Å². The molecule has 0 bridgehead atoms. The van der Waals surface area contributed by atoms with Crippen molar-refractivity contribution in [2.75, 3.05) is 0 Å². The number of rotatable bonds is 6. The molecule has 0 fully saturated rings. The van der Waals surface area contributed by atoms with Crippen LogP contribution in [0.5, 0.6) is 0 Å². The van der Waals surface area contributed by atoms with Crippen molar-refractivity contribution >= 4 is 31.5 Å². The van der Waals surface area contributed by atoms with E-state index in [1.165, 1.54) is 25.7 Å². The lowest BCUT2D eigenvalue weighted by Crippen LogP contribution is -1.96. The molecule has 0 aliphatic heterocycles. The van der Waals surface area contributed by atoms with E-state index in [0.717, 1.165) is 55.9 Å². The number of pyridine rings is 1. The third-order valence-electron chi connectivity index (χ3n) is 8.98. The van der Waals surface area contributed by atoms with Crippen molar-refractivity contribution in [3.63, 3.8) is 0 Å². The normalized spacial score (nSPS) is 11.3. The molecule has 0 unspecified atom stereocenters. The van der Waals surface area contributed by atoms with Gasteiger partial charge in [0, 0.05) is 49.3 Å². The zero-order valence-corrected chi connectivity index (χ0v) is 27.3. The highest BCUT2D eigenvalue weighted by Gasteiger charge is 2.15. The number of nitrogens with zero attached hydrogens (tertiary/aromatic N) is 3. The SMILES string of the molecule is c1ccc(-c2cc(-c3ccc4sc5ccccc5c4c3)cc(-c3cc(-c4ccc(-c5cccnc5)cc4)nc(-c4ccccc4)n3)c2)cc1. The fraction of sp³-hybridized carbons (Fsp3) is 0. The molecule has 0 atom stereocenters. The van der Waals surface area contributed by atoms with Gasteiger partial charge in [0.2, 0.25) is 0 Å². The van der Waals surface area contributed by atoms with Gasteiger partial charge in [-0.15, -0.1) is 11.3 Å². The summed E-state index contributed by atoms with van der Waals surface area (Å²) >= 11 is 1.84. The van der Waals surface area contributed by atoms with Gasteiger partial charge in [0.05, 0.1) is 11.4 Å². The van der Waals surface area contributed by atoms with Crippen LogP contribution in [0.4, 0.5) is 0 Å². The van der Waals surface area contributed by atoms with E-state index in [2.05, 4.69) is 145 Å². The summed E-state index contributed by atoms with van der Waals surface area (Å²) < 4.78 is 2.61. The molecule has 0 saturated carbocycles. The summed E-state index contributed by atoms with van der Waals surface area (Å²) in [6.07, 6.45) is 3.69. The molecule has 49 heavy (non-hydrogen) atoms. The van der Waals surface area contributed by atoms with E-state index in [1.54, 1.807) is 6.20 Å². The molecule has 3 nitrogen and oxygen atoms in total. The Morgan fingerprint density at radius 2 is 0.918 bits per heavy atom. The summed E-state index contributed by atoms with van der Waals surface area (Å²) in [6.45, 7) is 0. The van der Waals surface area contributed by atoms with Crippen LogP contribution in [0.2, 0.25) is 0 Å². The van der Waals surface area contributed by atoms with E-state index >= 15 is 0 Å².